The summed E-state index contributed by atoms with van der Waals surface area (Å²) in [6, 6.07) is 7.89. The van der Waals surface area contributed by atoms with E-state index in [1.165, 1.54) is 25.3 Å². The third-order valence-electron chi connectivity index (χ3n) is 3.05. The van der Waals surface area contributed by atoms with Crippen LogP contribution in [0.15, 0.2) is 24.3 Å². The van der Waals surface area contributed by atoms with Crippen molar-refractivity contribution >= 4 is 11.7 Å². The van der Waals surface area contributed by atoms with Gasteiger partial charge in [0.15, 0.2) is 5.78 Å². The third-order valence-corrected chi connectivity index (χ3v) is 3.05. The molecule has 0 aliphatic carbocycles. The minimum atomic E-state index is -0.0484. The molecule has 0 radical (unpaired) electrons. The summed E-state index contributed by atoms with van der Waals surface area (Å²) < 4.78 is 0. The number of amides is 1. The molecular weight excluding hydrogens is 238 g/mol. The van der Waals surface area contributed by atoms with Crippen LogP contribution in [-0.2, 0) is 11.2 Å². The first-order valence-corrected chi connectivity index (χ1v) is 7.00. The normalized spacial score (nSPS) is 10.2. The van der Waals surface area contributed by atoms with Crippen molar-refractivity contribution in [3.05, 3.63) is 35.4 Å². The second-order valence-corrected chi connectivity index (χ2v) is 4.81. The summed E-state index contributed by atoms with van der Waals surface area (Å²) in [5.41, 5.74) is 2.06. The average molecular weight is 261 g/mol. The van der Waals surface area contributed by atoms with Crippen LogP contribution < -0.4 is 5.32 Å². The first-order chi connectivity index (χ1) is 9.13. The SMILES string of the molecule is CCCCc1ccc(C(=O)CCCNC(C)=O)cc1. The zero-order chi connectivity index (χ0) is 14.1. The van der Waals surface area contributed by atoms with Crippen LogP contribution in [0, 0.1) is 0 Å². The number of aryl methyl sites for hydroxylation is 1. The molecule has 19 heavy (non-hydrogen) atoms. The highest BCUT2D eigenvalue weighted by Gasteiger charge is 2.05. The highest BCUT2D eigenvalue weighted by Crippen LogP contribution is 2.10. The summed E-state index contributed by atoms with van der Waals surface area (Å²) in [5.74, 6) is 0.0973. The van der Waals surface area contributed by atoms with Crippen molar-refractivity contribution < 1.29 is 9.59 Å². The molecule has 0 aromatic heterocycles. The van der Waals surface area contributed by atoms with Crippen molar-refractivity contribution in [3.63, 3.8) is 0 Å². The fourth-order valence-corrected chi connectivity index (χ4v) is 1.90. The highest BCUT2D eigenvalue weighted by molar-refractivity contribution is 5.96. The molecule has 104 valence electrons. The molecule has 1 N–H and O–H groups in total. The average Bonchev–Trinajstić information content (AvgIpc) is 2.41. The Hall–Kier alpha value is -1.64. The van der Waals surface area contributed by atoms with Crippen LogP contribution >= 0.6 is 0 Å². The van der Waals surface area contributed by atoms with Gasteiger partial charge in [-0.25, -0.2) is 0 Å². The molecule has 1 aromatic rings. The van der Waals surface area contributed by atoms with E-state index in [1.807, 2.05) is 24.3 Å². The zero-order valence-electron chi connectivity index (χ0n) is 11.9. The Balaban J connectivity index is 2.37. The van der Waals surface area contributed by atoms with Crippen LogP contribution in [0.1, 0.15) is 55.5 Å². The molecule has 0 bridgehead atoms. The van der Waals surface area contributed by atoms with E-state index in [0.29, 0.717) is 19.4 Å². The molecule has 0 unspecified atom stereocenters. The number of ketones is 1. The Morgan fingerprint density at radius 1 is 1.11 bits per heavy atom. The number of benzene rings is 1. The summed E-state index contributed by atoms with van der Waals surface area (Å²) in [4.78, 5) is 22.6. The van der Waals surface area contributed by atoms with Gasteiger partial charge < -0.3 is 5.32 Å². The summed E-state index contributed by atoms with van der Waals surface area (Å²) in [6.07, 6.45) is 4.62. The first kappa shape index (κ1) is 15.4. The topological polar surface area (TPSA) is 46.2 Å². The van der Waals surface area contributed by atoms with Gasteiger partial charge in [-0.15, -0.1) is 0 Å². The molecular formula is C16H23NO2. The minimum absolute atomic E-state index is 0.0484. The van der Waals surface area contributed by atoms with Crippen molar-refractivity contribution in [2.75, 3.05) is 6.54 Å². The first-order valence-electron chi connectivity index (χ1n) is 7.00. The Morgan fingerprint density at radius 3 is 2.37 bits per heavy atom. The van der Waals surface area contributed by atoms with Crippen LogP contribution in [0.3, 0.4) is 0 Å². The van der Waals surface area contributed by atoms with Gasteiger partial charge in [-0.3, -0.25) is 9.59 Å². The predicted molar refractivity (Wildman–Crippen MR) is 77.3 cm³/mol. The molecule has 0 spiro atoms. The van der Waals surface area contributed by atoms with E-state index in [9.17, 15) is 9.59 Å². The molecule has 0 aliphatic rings. The molecule has 1 aromatic carbocycles. The van der Waals surface area contributed by atoms with Gasteiger partial charge >= 0.3 is 0 Å². The van der Waals surface area contributed by atoms with E-state index < -0.39 is 0 Å². The number of Topliss-reactive ketones (excluding diaryl/α,β-unsaturated/α-hetero) is 1. The minimum Gasteiger partial charge on any atom is -0.356 e. The molecule has 0 aliphatic heterocycles. The van der Waals surface area contributed by atoms with Crippen LogP contribution in [-0.4, -0.2) is 18.2 Å². The molecule has 1 rings (SSSR count). The van der Waals surface area contributed by atoms with Gasteiger partial charge in [-0.05, 0) is 24.8 Å². The van der Waals surface area contributed by atoms with Gasteiger partial charge in [0.2, 0.25) is 5.91 Å². The van der Waals surface area contributed by atoms with E-state index in [-0.39, 0.29) is 11.7 Å². The van der Waals surface area contributed by atoms with Crippen molar-refractivity contribution in [1.29, 1.82) is 0 Å². The van der Waals surface area contributed by atoms with E-state index in [1.54, 1.807) is 0 Å². The lowest BCUT2D eigenvalue weighted by Gasteiger charge is -2.04. The lowest BCUT2D eigenvalue weighted by atomic mass is 10.0. The number of rotatable bonds is 8. The van der Waals surface area contributed by atoms with E-state index in [4.69, 9.17) is 0 Å². The van der Waals surface area contributed by atoms with E-state index >= 15 is 0 Å². The predicted octanol–water partition coefficient (Wildman–Crippen LogP) is 3.13. The number of nitrogens with one attached hydrogen (secondary N) is 1. The van der Waals surface area contributed by atoms with Gasteiger partial charge in [-0.1, -0.05) is 37.6 Å². The number of carbonyl (C=O) groups excluding carboxylic acids is 2. The summed E-state index contributed by atoms with van der Waals surface area (Å²) in [6.45, 7) is 4.22. The van der Waals surface area contributed by atoms with Crippen molar-refractivity contribution in [1.82, 2.24) is 5.32 Å². The summed E-state index contributed by atoms with van der Waals surface area (Å²) in [5, 5.41) is 2.69. The molecule has 0 saturated heterocycles. The monoisotopic (exact) mass is 261 g/mol. The maximum absolute atomic E-state index is 11.9. The number of unbranched alkanes of at least 4 members (excludes halogenated alkanes) is 1. The number of hydrogen-bond acceptors (Lipinski definition) is 2. The molecule has 0 atom stereocenters. The smallest absolute Gasteiger partial charge is 0.216 e. The van der Waals surface area contributed by atoms with Gasteiger partial charge in [0, 0.05) is 25.5 Å². The zero-order valence-corrected chi connectivity index (χ0v) is 11.9. The summed E-state index contributed by atoms with van der Waals surface area (Å²) >= 11 is 0. The molecule has 0 saturated carbocycles. The molecule has 3 heteroatoms. The second kappa shape index (κ2) is 8.46. The highest BCUT2D eigenvalue weighted by atomic mass is 16.1. The molecule has 0 fully saturated rings. The maximum Gasteiger partial charge on any atom is 0.216 e. The van der Waals surface area contributed by atoms with E-state index in [0.717, 1.165) is 12.0 Å². The van der Waals surface area contributed by atoms with Gasteiger partial charge in [0.25, 0.3) is 0 Å². The number of hydrogen-bond donors (Lipinski definition) is 1. The molecule has 1 amide bonds. The largest absolute Gasteiger partial charge is 0.356 e. The lowest BCUT2D eigenvalue weighted by molar-refractivity contribution is -0.118. The van der Waals surface area contributed by atoms with Crippen molar-refractivity contribution in [2.45, 2.75) is 46.0 Å². The van der Waals surface area contributed by atoms with Gasteiger partial charge in [-0.2, -0.15) is 0 Å². The van der Waals surface area contributed by atoms with Gasteiger partial charge in [0.05, 0.1) is 0 Å². The fourth-order valence-electron chi connectivity index (χ4n) is 1.90. The van der Waals surface area contributed by atoms with Crippen LogP contribution in [0.2, 0.25) is 0 Å². The van der Waals surface area contributed by atoms with Crippen LogP contribution in [0.4, 0.5) is 0 Å². The fraction of sp³-hybridized carbons (Fsp3) is 0.500. The molecule has 0 heterocycles. The Bertz CT molecular complexity index is 409. The van der Waals surface area contributed by atoms with Gasteiger partial charge in [0.1, 0.15) is 0 Å². The number of carbonyl (C=O) groups is 2. The van der Waals surface area contributed by atoms with Crippen molar-refractivity contribution in [3.8, 4) is 0 Å². The maximum atomic E-state index is 11.9. The standard InChI is InChI=1S/C16H23NO2/c1-3-4-6-14-8-10-15(11-9-14)16(19)7-5-12-17-13(2)18/h8-11H,3-7,12H2,1-2H3,(H,17,18). The Morgan fingerprint density at radius 2 is 1.79 bits per heavy atom. The lowest BCUT2D eigenvalue weighted by Crippen LogP contribution is -2.21. The Kier molecular flexibility index (Phi) is 6.86. The Labute approximate surface area is 115 Å². The van der Waals surface area contributed by atoms with Crippen LogP contribution in [0.25, 0.3) is 0 Å². The summed E-state index contributed by atoms with van der Waals surface area (Å²) in [7, 11) is 0. The molecule has 3 nitrogen and oxygen atoms in total. The second-order valence-electron chi connectivity index (χ2n) is 4.81. The van der Waals surface area contributed by atoms with E-state index in [2.05, 4.69) is 12.2 Å². The van der Waals surface area contributed by atoms with Crippen molar-refractivity contribution in [2.24, 2.45) is 0 Å². The quantitative estimate of drug-likeness (QED) is 0.577. The third kappa shape index (κ3) is 6.18. The van der Waals surface area contributed by atoms with Crippen LogP contribution in [0.5, 0.6) is 0 Å².